The average molecular weight is 333 g/mol. The van der Waals surface area contributed by atoms with E-state index in [-0.39, 0.29) is 5.25 Å². The van der Waals surface area contributed by atoms with Crippen LogP contribution in [0.15, 0.2) is 0 Å². The molecule has 6 heteroatoms. The minimum Gasteiger partial charge on any atom is -0.379 e. The summed E-state index contributed by atoms with van der Waals surface area (Å²) in [5, 5.41) is -0.261. The highest BCUT2D eigenvalue weighted by atomic mass is 32.2. The van der Waals surface area contributed by atoms with E-state index in [9.17, 15) is 8.42 Å². The van der Waals surface area contributed by atoms with Crippen LogP contribution in [0.5, 0.6) is 0 Å². The number of nitrogens with zero attached hydrogens (tertiary/aromatic N) is 2. The lowest BCUT2D eigenvalue weighted by Crippen LogP contribution is -2.46. The molecular weight excluding hydrogens is 300 g/mol. The first-order chi connectivity index (χ1) is 10.4. The zero-order chi connectivity index (χ0) is 16.2. The molecule has 0 aromatic heterocycles. The SMILES string of the molecule is CC(C)C[C@@H](C)S(=O)(=O)N1CCC(CN2CCOCC2)CC1. The van der Waals surface area contributed by atoms with Crippen LogP contribution in [0, 0.1) is 11.8 Å². The smallest absolute Gasteiger partial charge is 0.216 e. The number of ether oxygens (including phenoxy) is 1. The van der Waals surface area contributed by atoms with Crippen LogP contribution in [-0.4, -0.2) is 68.8 Å². The van der Waals surface area contributed by atoms with Crippen LogP contribution >= 0.6 is 0 Å². The Morgan fingerprint density at radius 2 is 1.64 bits per heavy atom. The normalized spacial score (nSPS) is 24.7. The van der Waals surface area contributed by atoms with Crippen molar-refractivity contribution in [3.63, 3.8) is 0 Å². The van der Waals surface area contributed by atoms with Crippen molar-refractivity contribution < 1.29 is 13.2 Å². The van der Waals surface area contributed by atoms with Crippen molar-refractivity contribution >= 4 is 10.0 Å². The van der Waals surface area contributed by atoms with Crippen LogP contribution < -0.4 is 0 Å². The molecule has 0 saturated carbocycles. The standard InChI is InChI=1S/C16H32N2O3S/c1-14(2)12-15(3)22(19,20)18-6-4-16(5-7-18)13-17-8-10-21-11-9-17/h14-16H,4-13H2,1-3H3/t15-/m1/s1. The summed E-state index contributed by atoms with van der Waals surface area (Å²) < 4.78 is 32.3. The second-order valence-corrected chi connectivity index (χ2v) is 9.59. The number of rotatable bonds is 6. The molecule has 130 valence electrons. The van der Waals surface area contributed by atoms with E-state index in [4.69, 9.17) is 4.74 Å². The first-order valence-corrected chi connectivity index (χ1v) is 10.2. The second kappa shape index (κ2) is 8.08. The van der Waals surface area contributed by atoms with Gasteiger partial charge in [-0.3, -0.25) is 4.90 Å². The Morgan fingerprint density at radius 1 is 1.05 bits per heavy atom. The van der Waals surface area contributed by atoms with Crippen molar-refractivity contribution in [3.05, 3.63) is 0 Å². The highest BCUT2D eigenvalue weighted by molar-refractivity contribution is 7.89. The summed E-state index contributed by atoms with van der Waals surface area (Å²) in [5.41, 5.74) is 0. The van der Waals surface area contributed by atoms with E-state index in [1.165, 1.54) is 0 Å². The zero-order valence-electron chi connectivity index (χ0n) is 14.3. The highest BCUT2D eigenvalue weighted by Gasteiger charge is 2.32. The number of morpholine rings is 1. The molecule has 2 aliphatic heterocycles. The summed E-state index contributed by atoms with van der Waals surface area (Å²) in [5.74, 6) is 1.05. The van der Waals surface area contributed by atoms with E-state index in [0.29, 0.717) is 24.9 Å². The third-order valence-corrected chi connectivity index (χ3v) is 7.16. The fraction of sp³-hybridized carbons (Fsp3) is 1.00. The van der Waals surface area contributed by atoms with Gasteiger partial charge in [0.2, 0.25) is 10.0 Å². The molecule has 2 rings (SSSR count). The van der Waals surface area contributed by atoms with Gasteiger partial charge in [-0.15, -0.1) is 0 Å². The summed E-state index contributed by atoms with van der Waals surface area (Å²) >= 11 is 0. The van der Waals surface area contributed by atoms with Gasteiger partial charge in [-0.25, -0.2) is 12.7 Å². The summed E-state index contributed by atoms with van der Waals surface area (Å²) in [6, 6.07) is 0. The van der Waals surface area contributed by atoms with Crippen molar-refractivity contribution in [3.8, 4) is 0 Å². The molecule has 0 spiro atoms. The molecule has 2 heterocycles. The van der Waals surface area contributed by atoms with Gasteiger partial charge in [0.05, 0.1) is 18.5 Å². The molecule has 2 fully saturated rings. The van der Waals surface area contributed by atoms with E-state index in [2.05, 4.69) is 18.7 Å². The number of hydrogen-bond acceptors (Lipinski definition) is 4. The van der Waals surface area contributed by atoms with Gasteiger partial charge >= 0.3 is 0 Å². The van der Waals surface area contributed by atoms with Crippen molar-refractivity contribution in [2.45, 2.75) is 45.3 Å². The Kier molecular flexibility index (Phi) is 6.68. The lowest BCUT2D eigenvalue weighted by molar-refractivity contribution is 0.0268. The number of hydrogen-bond donors (Lipinski definition) is 0. The van der Waals surface area contributed by atoms with Crippen molar-refractivity contribution in [2.75, 3.05) is 45.9 Å². The zero-order valence-corrected chi connectivity index (χ0v) is 15.1. The van der Waals surface area contributed by atoms with Crippen molar-refractivity contribution in [1.29, 1.82) is 0 Å². The molecule has 2 saturated heterocycles. The van der Waals surface area contributed by atoms with E-state index in [1.807, 2.05) is 6.92 Å². The summed E-state index contributed by atoms with van der Waals surface area (Å²) in [6.45, 7) is 12.2. The second-order valence-electron chi connectivity index (χ2n) is 7.24. The molecule has 0 aromatic rings. The molecule has 0 aliphatic carbocycles. The summed E-state index contributed by atoms with van der Waals surface area (Å²) in [7, 11) is -3.11. The molecule has 0 amide bonds. The van der Waals surface area contributed by atoms with Gasteiger partial charge < -0.3 is 4.74 Å². The highest BCUT2D eigenvalue weighted by Crippen LogP contribution is 2.24. The fourth-order valence-corrected chi connectivity index (χ4v) is 5.39. The number of sulfonamides is 1. The van der Waals surface area contributed by atoms with Gasteiger partial charge in [-0.1, -0.05) is 13.8 Å². The Morgan fingerprint density at radius 3 is 2.18 bits per heavy atom. The monoisotopic (exact) mass is 332 g/mol. The van der Waals surface area contributed by atoms with Gasteiger partial charge in [-0.2, -0.15) is 0 Å². The largest absolute Gasteiger partial charge is 0.379 e. The molecule has 0 unspecified atom stereocenters. The lowest BCUT2D eigenvalue weighted by Gasteiger charge is -2.36. The van der Waals surface area contributed by atoms with Gasteiger partial charge in [0.15, 0.2) is 0 Å². The summed E-state index contributed by atoms with van der Waals surface area (Å²) in [4.78, 5) is 2.46. The van der Waals surface area contributed by atoms with Crippen molar-refractivity contribution in [1.82, 2.24) is 9.21 Å². The number of piperidine rings is 1. The van der Waals surface area contributed by atoms with Crippen molar-refractivity contribution in [2.24, 2.45) is 11.8 Å². The molecule has 0 N–H and O–H groups in total. The molecule has 22 heavy (non-hydrogen) atoms. The third kappa shape index (κ3) is 4.91. The first kappa shape index (κ1) is 18.2. The molecule has 0 radical (unpaired) electrons. The van der Waals surface area contributed by atoms with Gasteiger partial charge in [-0.05, 0) is 38.0 Å². The third-order valence-electron chi connectivity index (χ3n) is 4.87. The van der Waals surface area contributed by atoms with Gasteiger partial charge in [0.1, 0.15) is 0 Å². The maximum atomic E-state index is 12.6. The van der Waals surface area contributed by atoms with E-state index in [1.54, 1.807) is 4.31 Å². The molecular formula is C16H32N2O3S. The predicted molar refractivity (Wildman–Crippen MR) is 89.4 cm³/mol. The molecule has 1 atom stereocenters. The molecule has 5 nitrogen and oxygen atoms in total. The fourth-order valence-electron chi connectivity index (χ4n) is 3.54. The van der Waals surface area contributed by atoms with Gasteiger partial charge in [0, 0.05) is 32.7 Å². The van der Waals surface area contributed by atoms with Crippen LogP contribution in [0.3, 0.4) is 0 Å². The van der Waals surface area contributed by atoms with E-state index in [0.717, 1.165) is 52.1 Å². The lowest BCUT2D eigenvalue weighted by atomic mass is 9.97. The molecule has 0 bridgehead atoms. The van der Waals surface area contributed by atoms with E-state index >= 15 is 0 Å². The topological polar surface area (TPSA) is 49.9 Å². The van der Waals surface area contributed by atoms with E-state index < -0.39 is 10.0 Å². The van der Waals surface area contributed by atoms with Crippen LogP contribution in [0.25, 0.3) is 0 Å². The quantitative estimate of drug-likeness (QED) is 0.744. The van der Waals surface area contributed by atoms with Crippen LogP contribution in [0.4, 0.5) is 0 Å². The van der Waals surface area contributed by atoms with Crippen LogP contribution in [0.2, 0.25) is 0 Å². The molecule has 2 aliphatic rings. The Hall–Kier alpha value is -0.170. The maximum Gasteiger partial charge on any atom is 0.216 e. The predicted octanol–water partition coefficient (Wildman–Crippen LogP) is 1.80. The molecule has 0 aromatic carbocycles. The minimum atomic E-state index is -3.11. The van der Waals surface area contributed by atoms with Crippen LogP contribution in [0.1, 0.15) is 40.0 Å². The van der Waals surface area contributed by atoms with Gasteiger partial charge in [0.25, 0.3) is 0 Å². The Balaban J connectivity index is 1.80. The Bertz CT molecular complexity index is 425. The summed E-state index contributed by atoms with van der Waals surface area (Å²) in [6.07, 6.45) is 2.73. The minimum absolute atomic E-state index is 0.261. The maximum absolute atomic E-state index is 12.6. The Labute approximate surface area is 136 Å². The van der Waals surface area contributed by atoms with Crippen LogP contribution in [-0.2, 0) is 14.8 Å². The first-order valence-electron chi connectivity index (χ1n) is 8.68. The average Bonchev–Trinajstić information content (AvgIpc) is 2.48.